The van der Waals surface area contributed by atoms with Gasteiger partial charge in [0, 0.05) is 0 Å². The number of ether oxygens (including phenoxy) is 2. The van der Waals surface area contributed by atoms with Crippen molar-refractivity contribution in [1.29, 1.82) is 5.26 Å². The third-order valence-electron chi connectivity index (χ3n) is 2.10. The molecule has 90 valence electrons. The van der Waals surface area contributed by atoms with E-state index in [2.05, 4.69) is 9.97 Å². The number of nitrogens with zero attached hydrogens (tertiary/aromatic N) is 3. The first kappa shape index (κ1) is 11.9. The molecule has 0 radical (unpaired) electrons. The maximum absolute atomic E-state index is 8.59. The van der Waals surface area contributed by atoms with Crippen LogP contribution in [0.3, 0.4) is 0 Å². The van der Waals surface area contributed by atoms with E-state index in [1.807, 2.05) is 25.1 Å². The van der Waals surface area contributed by atoms with Crippen molar-refractivity contribution in [2.24, 2.45) is 0 Å². The SMILES string of the molecule is CCOc1ccc(Oc2cnc(C#N)cn2)cc1. The average molecular weight is 241 g/mol. The summed E-state index contributed by atoms with van der Waals surface area (Å²) in [6, 6.07) is 9.09. The Morgan fingerprint density at radius 3 is 2.39 bits per heavy atom. The Morgan fingerprint density at radius 2 is 1.83 bits per heavy atom. The summed E-state index contributed by atoms with van der Waals surface area (Å²) in [5.74, 6) is 1.77. The molecule has 0 aliphatic heterocycles. The predicted octanol–water partition coefficient (Wildman–Crippen LogP) is 2.54. The first-order chi connectivity index (χ1) is 8.81. The van der Waals surface area contributed by atoms with E-state index in [0.717, 1.165) is 5.75 Å². The van der Waals surface area contributed by atoms with Gasteiger partial charge in [0.1, 0.15) is 17.6 Å². The Balaban J connectivity index is 2.06. The molecule has 0 aliphatic carbocycles. The Hall–Kier alpha value is -2.61. The lowest BCUT2D eigenvalue weighted by Gasteiger charge is -2.06. The van der Waals surface area contributed by atoms with Crippen molar-refractivity contribution in [1.82, 2.24) is 9.97 Å². The number of hydrogen-bond acceptors (Lipinski definition) is 5. The molecule has 0 spiro atoms. The number of nitriles is 1. The largest absolute Gasteiger partial charge is 0.494 e. The van der Waals surface area contributed by atoms with E-state index in [1.165, 1.54) is 12.4 Å². The van der Waals surface area contributed by atoms with Crippen molar-refractivity contribution in [3.8, 4) is 23.4 Å². The van der Waals surface area contributed by atoms with Gasteiger partial charge in [0.25, 0.3) is 0 Å². The van der Waals surface area contributed by atoms with Crippen molar-refractivity contribution in [3.63, 3.8) is 0 Å². The fourth-order valence-electron chi connectivity index (χ4n) is 1.32. The molecule has 5 nitrogen and oxygen atoms in total. The molecule has 0 atom stereocenters. The van der Waals surface area contributed by atoms with E-state index in [0.29, 0.717) is 18.2 Å². The second kappa shape index (κ2) is 5.64. The molecule has 0 saturated heterocycles. The second-order valence-corrected chi connectivity index (χ2v) is 3.36. The third-order valence-corrected chi connectivity index (χ3v) is 2.10. The first-order valence-corrected chi connectivity index (χ1v) is 5.44. The van der Waals surface area contributed by atoms with Crippen LogP contribution in [-0.4, -0.2) is 16.6 Å². The van der Waals surface area contributed by atoms with Gasteiger partial charge in [-0.2, -0.15) is 5.26 Å². The maximum atomic E-state index is 8.59. The first-order valence-electron chi connectivity index (χ1n) is 5.44. The Kier molecular flexibility index (Phi) is 3.72. The standard InChI is InChI=1S/C13H11N3O2/c1-2-17-11-3-5-12(6-4-11)18-13-9-15-10(7-14)8-16-13/h3-6,8-9H,2H2,1H3. The van der Waals surface area contributed by atoms with Crippen LogP contribution >= 0.6 is 0 Å². The van der Waals surface area contributed by atoms with Gasteiger partial charge in [0.15, 0.2) is 5.69 Å². The summed E-state index contributed by atoms with van der Waals surface area (Å²) >= 11 is 0. The second-order valence-electron chi connectivity index (χ2n) is 3.36. The van der Waals surface area contributed by atoms with Crippen molar-refractivity contribution < 1.29 is 9.47 Å². The molecule has 0 bridgehead atoms. The molecule has 1 aromatic heterocycles. The molecule has 18 heavy (non-hydrogen) atoms. The highest BCUT2D eigenvalue weighted by Crippen LogP contribution is 2.21. The van der Waals surface area contributed by atoms with Crippen LogP contribution in [0.4, 0.5) is 0 Å². The molecule has 5 heteroatoms. The summed E-state index contributed by atoms with van der Waals surface area (Å²) in [6.07, 6.45) is 2.78. The molecule has 0 fully saturated rings. The summed E-state index contributed by atoms with van der Waals surface area (Å²) in [7, 11) is 0. The van der Waals surface area contributed by atoms with Crippen molar-refractivity contribution in [2.75, 3.05) is 6.61 Å². The van der Waals surface area contributed by atoms with Gasteiger partial charge in [-0.1, -0.05) is 0 Å². The van der Waals surface area contributed by atoms with Crippen LogP contribution in [0.15, 0.2) is 36.7 Å². The van der Waals surface area contributed by atoms with Crippen LogP contribution in [0.25, 0.3) is 0 Å². The van der Waals surface area contributed by atoms with Gasteiger partial charge in [-0.15, -0.1) is 0 Å². The van der Waals surface area contributed by atoms with Crippen LogP contribution in [0, 0.1) is 11.3 Å². The molecule has 0 amide bonds. The zero-order valence-electron chi connectivity index (χ0n) is 9.83. The fourth-order valence-corrected chi connectivity index (χ4v) is 1.32. The molecule has 1 aromatic carbocycles. The predicted molar refractivity (Wildman–Crippen MR) is 64.4 cm³/mol. The minimum absolute atomic E-state index is 0.258. The normalized spacial score (nSPS) is 9.56. The molecule has 0 unspecified atom stereocenters. The Bertz CT molecular complexity index is 544. The molecule has 1 heterocycles. The third kappa shape index (κ3) is 2.95. The van der Waals surface area contributed by atoms with E-state index in [4.69, 9.17) is 14.7 Å². The zero-order chi connectivity index (χ0) is 12.8. The van der Waals surface area contributed by atoms with Gasteiger partial charge in [-0.25, -0.2) is 9.97 Å². The van der Waals surface area contributed by atoms with Crippen LogP contribution in [0.2, 0.25) is 0 Å². The van der Waals surface area contributed by atoms with E-state index in [-0.39, 0.29) is 5.69 Å². The summed E-state index contributed by atoms with van der Waals surface area (Å²) in [5.41, 5.74) is 0.258. The van der Waals surface area contributed by atoms with E-state index in [9.17, 15) is 0 Å². The van der Waals surface area contributed by atoms with Gasteiger partial charge < -0.3 is 9.47 Å². The lowest BCUT2D eigenvalue weighted by Crippen LogP contribution is -1.92. The van der Waals surface area contributed by atoms with Crippen molar-refractivity contribution in [3.05, 3.63) is 42.4 Å². The van der Waals surface area contributed by atoms with E-state index < -0.39 is 0 Å². The number of rotatable bonds is 4. The van der Waals surface area contributed by atoms with Gasteiger partial charge >= 0.3 is 0 Å². The number of benzene rings is 1. The molecule has 2 aromatic rings. The highest BCUT2D eigenvalue weighted by atomic mass is 16.5. The summed E-state index contributed by atoms with van der Waals surface area (Å²) in [6.45, 7) is 2.55. The number of hydrogen-bond donors (Lipinski definition) is 0. The molecule has 0 aliphatic rings. The van der Waals surface area contributed by atoms with Gasteiger partial charge in [-0.05, 0) is 31.2 Å². The van der Waals surface area contributed by atoms with E-state index in [1.54, 1.807) is 12.1 Å². The van der Waals surface area contributed by atoms with Crippen LogP contribution in [0.5, 0.6) is 17.4 Å². The molecular weight excluding hydrogens is 230 g/mol. The lowest BCUT2D eigenvalue weighted by molar-refractivity contribution is 0.339. The monoisotopic (exact) mass is 241 g/mol. The maximum Gasteiger partial charge on any atom is 0.237 e. The highest BCUT2D eigenvalue weighted by molar-refractivity contribution is 5.33. The topological polar surface area (TPSA) is 68.0 Å². The summed E-state index contributed by atoms with van der Waals surface area (Å²) < 4.78 is 10.8. The smallest absolute Gasteiger partial charge is 0.237 e. The fraction of sp³-hybridized carbons (Fsp3) is 0.154. The zero-order valence-corrected chi connectivity index (χ0v) is 9.83. The average Bonchev–Trinajstić information content (AvgIpc) is 2.42. The molecule has 2 rings (SSSR count). The highest BCUT2D eigenvalue weighted by Gasteiger charge is 2.00. The molecule has 0 N–H and O–H groups in total. The van der Waals surface area contributed by atoms with E-state index >= 15 is 0 Å². The van der Waals surface area contributed by atoms with Crippen molar-refractivity contribution in [2.45, 2.75) is 6.92 Å². The quantitative estimate of drug-likeness (QED) is 0.822. The molecular formula is C13H11N3O2. The summed E-state index contributed by atoms with van der Waals surface area (Å²) in [5, 5.41) is 8.59. The summed E-state index contributed by atoms with van der Waals surface area (Å²) in [4.78, 5) is 7.83. The van der Waals surface area contributed by atoms with Crippen LogP contribution in [-0.2, 0) is 0 Å². The van der Waals surface area contributed by atoms with Crippen molar-refractivity contribution >= 4 is 0 Å². The minimum atomic E-state index is 0.258. The Morgan fingerprint density at radius 1 is 1.11 bits per heavy atom. The minimum Gasteiger partial charge on any atom is -0.494 e. The number of aromatic nitrogens is 2. The van der Waals surface area contributed by atoms with Crippen LogP contribution < -0.4 is 9.47 Å². The van der Waals surface area contributed by atoms with Gasteiger partial charge in [-0.3, -0.25) is 0 Å². The lowest BCUT2D eigenvalue weighted by atomic mass is 10.3. The molecule has 0 saturated carbocycles. The Labute approximate surface area is 105 Å². The van der Waals surface area contributed by atoms with Crippen LogP contribution in [0.1, 0.15) is 12.6 Å². The van der Waals surface area contributed by atoms with Gasteiger partial charge in [0.05, 0.1) is 19.0 Å². The van der Waals surface area contributed by atoms with Gasteiger partial charge in [0.2, 0.25) is 5.88 Å².